The lowest BCUT2D eigenvalue weighted by Crippen LogP contribution is -2.24. The summed E-state index contributed by atoms with van der Waals surface area (Å²) in [6, 6.07) is 6.58. The number of nitrogens with one attached hydrogen (secondary N) is 1. The first kappa shape index (κ1) is 17.5. The van der Waals surface area contributed by atoms with E-state index in [-0.39, 0.29) is 0 Å². The molecule has 0 aliphatic heterocycles. The summed E-state index contributed by atoms with van der Waals surface area (Å²) in [7, 11) is 2.19. The molecule has 3 heteroatoms. The van der Waals surface area contributed by atoms with Crippen LogP contribution in [-0.2, 0) is 6.54 Å². The third-order valence-corrected chi connectivity index (χ3v) is 3.86. The minimum Gasteiger partial charge on any atom is -0.374 e. The highest BCUT2D eigenvalue weighted by Gasteiger charge is 2.09. The predicted molar refractivity (Wildman–Crippen MR) is 93.4 cm³/mol. The Bertz CT molecular complexity index is 402. The van der Waals surface area contributed by atoms with Crippen LogP contribution in [0.5, 0.6) is 0 Å². The largest absolute Gasteiger partial charge is 0.374 e. The van der Waals surface area contributed by atoms with Crippen molar-refractivity contribution in [2.75, 3.05) is 25.0 Å². The summed E-state index contributed by atoms with van der Waals surface area (Å²) in [5.41, 5.74) is 2.70. The van der Waals surface area contributed by atoms with E-state index in [9.17, 15) is 0 Å². The van der Waals surface area contributed by atoms with Gasteiger partial charge < -0.3 is 10.2 Å². The second kappa shape index (κ2) is 8.68. The molecule has 0 bridgehead atoms. The molecule has 0 fully saturated rings. The van der Waals surface area contributed by atoms with Gasteiger partial charge in [-0.05, 0) is 48.6 Å². The molecule has 0 unspecified atom stereocenters. The Morgan fingerprint density at radius 1 is 1.15 bits per heavy atom. The quantitative estimate of drug-likeness (QED) is 0.739. The fourth-order valence-corrected chi connectivity index (χ4v) is 2.54. The highest BCUT2D eigenvalue weighted by molar-refractivity contribution is 9.10. The number of rotatable bonds is 8. The number of benzene rings is 1. The monoisotopic (exact) mass is 340 g/mol. The van der Waals surface area contributed by atoms with E-state index < -0.39 is 0 Å². The average molecular weight is 341 g/mol. The Labute approximate surface area is 133 Å². The van der Waals surface area contributed by atoms with Crippen molar-refractivity contribution in [2.45, 2.75) is 40.7 Å². The Morgan fingerprint density at radius 2 is 1.85 bits per heavy atom. The SMILES string of the molecule is CC(C)CCN(C)c1ccc(Br)cc1CNCC(C)C. The second-order valence-corrected chi connectivity index (χ2v) is 7.32. The van der Waals surface area contributed by atoms with Crippen LogP contribution in [0, 0.1) is 11.8 Å². The maximum absolute atomic E-state index is 3.58. The molecule has 0 aliphatic rings. The first-order valence-electron chi connectivity index (χ1n) is 7.60. The minimum atomic E-state index is 0.685. The van der Waals surface area contributed by atoms with Crippen molar-refractivity contribution in [3.8, 4) is 0 Å². The molecule has 0 aromatic heterocycles. The highest BCUT2D eigenvalue weighted by Crippen LogP contribution is 2.24. The number of hydrogen-bond donors (Lipinski definition) is 1. The third-order valence-electron chi connectivity index (χ3n) is 3.36. The van der Waals surface area contributed by atoms with E-state index >= 15 is 0 Å². The van der Waals surface area contributed by atoms with E-state index in [4.69, 9.17) is 0 Å². The third kappa shape index (κ3) is 6.27. The lowest BCUT2D eigenvalue weighted by Gasteiger charge is -2.24. The molecule has 1 aromatic carbocycles. The first-order valence-corrected chi connectivity index (χ1v) is 8.39. The Hall–Kier alpha value is -0.540. The molecule has 114 valence electrons. The topological polar surface area (TPSA) is 15.3 Å². The number of anilines is 1. The zero-order valence-electron chi connectivity index (χ0n) is 13.5. The van der Waals surface area contributed by atoms with Gasteiger partial charge in [-0.25, -0.2) is 0 Å². The molecule has 0 aliphatic carbocycles. The Balaban J connectivity index is 2.73. The van der Waals surface area contributed by atoms with Crippen molar-refractivity contribution in [1.82, 2.24) is 5.32 Å². The van der Waals surface area contributed by atoms with E-state index in [1.807, 2.05) is 0 Å². The lowest BCUT2D eigenvalue weighted by atomic mass is 10.1. The molecule has 2 nitrogen and oxygen atoms in total. The molecule has 0 radical (unpaired) electrons. The van der Waals surface area contributed by atoms with Gasteiger partial charge in [-0.1, -0.05) is 43.6 Å². The summed E-state index contributed by atoms with van der Waals surface area (Å²) in [4.78, 5) is 2.37. The van der Waals surface area contributed by atoms with E-state index in [0.29, 0.717) is 5.92 Å². The van der Waals surface area contributed by atoms with Crippen LogP contribution in [0.15, 0.2) is 22.7 Å². The number of halogens is 1. The molecule has 0 amide bonds. The van der Waals surface area contributed by atoms with Gasteiger partial charge in [0.15, 0.2) is 0 Å². The van der Waals surface area contributed by atoms with Crippen LogP contribution in [0.1, 0.15) is 39.7 Å². The lowest BCUT2D eigenvalue weighted by molar-refractivity contribution is 0.551. The molecule has 20 heavy (non-hydrogen) atoms. The fraction of sp³-hybridized carbons (Fsp3) is 0.647. The predicted octanol–water partition coefficient (Wildman–Crippen LogP) is 4.68. The van der Waals surface area contributed by atoms with Crippen LogP contribution in [0.25, 0.3) is 0 Å². The molecular weight excluding hydrogens is 312 g/mol. The van der Waals surface area contributed by atoms with Crippen LogP contribution in [-0.4, -0.2) is 20.1 Å². The molecule has 1 aromatic rings. The maximum Gasteiger partial charge on any atom is 0.0410 e. The second-order valence-electron chi connectivity index (χ2n) is 6.40. The van der Waals surface area contributed by atoms with Gasteiger partial charge in [-0.15, -0.1) is 0 Å². The van der Waals surface area contributed by atoms with Gasteiger partial charge in [0.1, 0.15) is 0 Å². The molecular formula is C17H29BrN2. The summed E-state index contributed by atoms with van der Waals surface area (Å²) in [6.45, 7) is 12.1. The smallest absolute Gasteiger partial charge is 0.0410 e. The summed E-state index contributed by atoms with van der Waals surface area (Å²) >= 11 is 3.58. The van der Waals surface area contributed by atoms with Gasteiger partial charge in [-0.3, -0.25) is 0 Å². The molecule has 1 N–H and O–H groups in total. The van der Waals surface area contributed by atoms with E-state index in [0.717, 1.165) is 30.0 Å². The average Bonchev–Trinajstić information content (AvgIpc) is 2.35. The standard InChI is InChI=1S/C17H29BrN2/c1-13(2)8-9-20(5)17-7-6-16(18)10-15(17)12-19-11-14(3)4/h6-7,10,13-14,19H,8-9,11-12H2,1-5H3. The molecule has 0 saturated carbocycles. The fourth-order valence-electron chi connectivity index (χ4n) is 2.14. The van der Waals surface area contributed by atoms with E-state index in [1.165, 1.54) is 17.7 Å². The van der Waals surface area contributed by atoms with Gasteiger partial charge in [0, 0.05) is 30.3 Å². The Morgan fingerprint density at radius 3 is 2.45 bits per heavy atom. The zero-order chi connectivity index (χ0) is 15.1. The van der Waals surface area contributed by atoms with Crippen LogP contribution in [0.4, 0.5) is 5.69 Å². The molecule has 0 heterocycles. The van der Waals surface area contributed by atoms with Crippen molar-refractivity contribution >= 4 is 21.6 Å². The molecule has 0 spiro atoms. The summed E-state index contributed by atoms with van der Waals surface area (Å²) in [5.74, 6) is 1.43. The van der Waals surface area contributed by atoms with Crippen molar-refractivity contribution in [3.05, 3.63) is 28.2 Å². The van der Waals surface area contributed by atoms with Gasteiger partial charge in [-0.2, -0.15) is 0 Å². The van der Waals surface area contributed by atoms with Gasteiger partial charge in [0.05, 0.1) is 0 Å². The molecule has 0 saturated heterocycles. The zero-order valence-corrected chi connectivity index (χ0v) is 15.1. The summed E-state index contributed by atoms with van der Waals surface area (Å²) in [6.07, 6.45) is 1.23. The minimum absolute atomic E-state index is 0.685. The highest BCUT2D eigenvalue weighted by atomic mass is 79.9. The number of hydrogen-bond acceptors (Lipinski definition) is 2. The summed E-state index contributed by atoms with van der Waals surface area (Å²) in [5, 5.41) is 3.54. The normalized spacial score (nSPS) is 11.4. The first-order chi connectivity index (χ1) is 9.40. The van der Waals surface area contributed by atoms with Gasteiger partial charge >= 0.3 is 0 Å². The van der Waals surface area contributed by atoms with Gasteiger partial charge in [0.25, 0.3) is 0 Å². The van der Waals surface area contributed by atoms with E-state index in [1.54, 1.807) is 0 Å². The van der Waals surface area contributed by atoms with Crippen LogP contribution >= 0.6 is 15.9 Å². The van der Waals surface area contributed by atoms with Gasteiger partial charge in [0.2, 0.25) is 0 Å². The summed E-state index contributed by atoms with van der Waals surface area (Å²) < 4.78 is 1.15. The van der Waals surface area contributed by atoms with Crippen molar-refractivity contribution in [2.24, 2.45) is 11.8 Å². The maximum atomic E-state index is 3.58. The van der Waals surface area contributed by atoms with Crippen LogP contribution in [0.2, 0.25) is 0 Å². The molecule has 1 rings (SSSR count). The van der Waals surface area contributed by atoms with E-state index in [2.05, 4.69) is 79.1 Å². The van der Waals surface area contributed by atoms with Crippen LogP contribution in [0.3, 0.4) is 0 Å². The number of nitrogens with zero attached hydrogens (tertiary/aromatic N) is 1. The van der Waals surface area contributed by atoms with Crippen molar-refractivity contribution in [1.29, 1.82) is 0 Å². The van der Waals surface area contributed by atoms with Crippen molar-refractivity contribution < 1.29 is 0 Å². The Kier molecular flexibility index (Phi) is 7.60. The van der Waals surface area contributed by atoms with Crippen molar-refractivity contribution in [3.63, 3.8) is 0 Å². The van der Waals surface area contributed by atoms with Crippen LogP contribution < -0.4 is 10.2 Å². The molecule has 0 atom stereocenters.